The second-order valence-electron chi connectivity index (χ2n) is 6.58. The minimum Gasteiger partial charge on any atom is -0.286 e. The molecule has 0 fully saturated rings. The lowest BCUT2D eigenvalue weighted by Crippen LogP contribution is -2.60. The predicted molar refractivity (Wildman–Crippen MR) is 71.7 cm³/mol. The SMILES string of the molecule is CC(OP(OC(C)(C(F)(F)F)C(F)(F)F)OC(C)(C(F)(F)F)C(F)(F)F)(C(F)(F)F)C(F)(F)F. The van der Waals surface area contributed by atoms with E-state index >= 15 is 0 Å². The van der Waals surface area contributed by atoms with Crippen molar-refractivity contribution in [3.8, 4) is 0 Å². The predicted octanol–water partition coefficient (Wildman–Crippen LogP) is 7.91. The van der Waals surface area contributed by atoms with Gasteiger partial charge in [0.05, 0.1) is 0 Å². The molecule has 0 aromatic heterocycles. The molecule has 0 heterocycles. The molecule has 0 aromatic rings. The highest BCUT2D eigenvalue weighted by Crippen LogP contribution is 2.63. The average molecular weight is 574 g/mol. The Balaban J connectivity index is 7.06. The molecule has 0 amide bonds. The third-order valence-corrected chi connectivity index (χ3v) is 5.56. The second-order valence-corrected chi connectivity index (χ2v) is 7.58. The Bertz CT molecular complexity index is 559. The average Bonchev–Trinajstić information content (AvgIpc) is 2.47. The lowest BCUT2D eigenvalue weighted by Gasteiger charge is -2.42. The molecule has 0 aromatic carbocycles. The van der Waals surface area contributed by atoms with Crippen LogP contribution < -0.4 is 0 Å². The highest BCUT2D eigenvalue weighted by Gasteiger charge is 2.77. The van der Waals surface area contributed by atoms with Crippen molar-refractivity contribution in [1.82, 2.24) is 0 Å². The highest BCUT2D eigenvalue weighted by atomic mass is 31.2. The van der Waals surface area contributed by atoms with Crippen LogP contribution >= 0.6 is 8.60 Å². The molecule has 0 aliphatic heterocycles. The van der Waals surface area contributed by atoms with Crippen LogP contribution in [0, 0.1) is 0 Å². The first-order chi connectivity index (χ1) is 14.3. The molecule has 22 heteroatoms. The Hall–Kier alpha value is -0.950. The zero-order valence-corrected chi connectivity index (χ0v) is 16.9. The number of halogens is 18. The van der Waals surface area contributed by atoms with Gasteiger partial charge in [-0.2, -0.15) is 79.0 Å². The fourth-order valence-corrected chi connectivity index (χ4v) is 2.92. The lowest BCUT2D eigenvalue weighted by molar-refractivity contribution is -0.379. The zero-order chi connectivity index (χ0) is 28.2. The standard InChI is InChI=1S/C12H9F18O3P/c1-4(7(13,14)15,8(16,17)18)31-34(32-5(2,9(19,20)21)10(22,23)24)33-6(3,11(25,26)27)12(28,29)30/h1-3H3. The summed E-state index contributed by atoms with van der Waals surface area (Å²) in [6, 6.07) is 0. The number of hydrogen-bond acceptors (Lipinski definition) is 3. The van der Waals surface area contributed by atoms with Crippen molar-refractivity contribution in [3.63, 3.8) is 0 Å². The van der Waals surface area contributed by atoms with Crippen molar-refractivity contribution >= 4 is 8.60 Å². The number of hydrogen-bond donors (Lipinski definition) is 0. The van der Waals surface area contributed by atoms with Gasteiger partial charge in [0, 0.05) is 0 Å². The molecule has 0 radical (unpaired) electrons. The van der Waals surface area contributed by atoms with Gasteiger partial charge in [-0.25, -0.2) is 0 Å². The van der Waals surface area contributed by atoms with Gasteiger partial charge in [0.25, 0.3) is 16.8 Å². The first-order valence-corrected chi connectivity index (χ1v) is 8.66. The third-order valence-electron chi connectivity index (χ3n) is 4.02. The summed E-state index contributed by atoms with van der Waals surface area (Å²) in [5, 5.41) is 0. The van der Waals surface area contributed by atoms with Crippen LogP contribution in [-0.2, 0) is 13.6 Å². The van der Waals surface area contributed by atoms with E-state index in [9.17, 15) is 79.0 Å². The van der Waals surface area contributed by atoms with Crippen LogP contribution in [0.2, 0.25) is 0 Å². The van der Waals surface area contributed by atoms with Crippen molar-refractivity contribution in [1.29, 1.82) is 0 Å². The molecule has 0 N–H and O–H groups in total. The van der Waals surface area contributed by atoms with Crippen molar-refractivity contribution in [3.05, 3.63) is 0 Å². The van der Waals surface area contributed by atoms with Gasteiger partial charge in [0.15, 0.2) is 0 Å². The van der Waals surface area contributed by atoms with Gasteiger partial charge in [0.1, 0.15) is 0 Å². The first kappa shape index (κ1) is 33.0. The molecule has 0 saturated carbocycles. The Morgan fingerprint density at radius 2 is 0.441 bits per heavy atom. The molecule has 0 bridgehead atoms. The van der Waals surface area contributed by atoms with Crippen LogP contribution in [0.4, 0.5) is 79.0 Å². The normalized spacial score (nSPS) is 16.4. The maximum absolute atomic E-state index is 12.9. The van der Waals surface area contributed by atoms with E-state index in [4.69, 9.17) is 0 Å². The maximum Gasteiger partial charge on any atom is 0.426 e. The highest BCUT2D eigenvalue weighted by molar-refractivity contribution is 7.41. The lowest BCUT2D eigenvalue weighted by atomic mass is 10.1. The Morgan fingerprint density at radius 3 is 0.529 bits per heavy atom. The summed E-state index contributed by atoms with van der Waals surface area (Å²) < 4.78 is 241. The summed E-state index contributed by atoms with van der Waals surface area (Å²) >= 11 is 0. The van der Waals surface area contributed by atoms with Crippen LogP contribution in [-0.4, -0.2) is 53.9 Å². The van der Waals surface area contributed by atoms with Gasteiger partial charge in [-0.1, -0.05) is 0 Å². The fraction of sp³-hybridized carbons (Fsp3) is 1.00. The summed E-state index contributed by atoms with van der Waals surface area (Å²) in [6.45, 7) is -3.44. The monoisotopic (exact) mass is 574 g/mol. The molecular weight excluding hydrogens is 565 g/mol. The van der Waals surface area contributed by atoms with Crippen LogP contribution in [0.5, 0.6) is 0 Å². The van der Waals surface area contributed by atoms with Crippen LogP contribution in [0.3, 0.4) is 0 Å². The van der Waals surface area contributed by atoms with E-state index in [1.54, 1.807) is 0 Å². The van der Waals surface area contributed by atoms with E-state index in [2.05, 4.69) is 13.6 Å². The summed E-state index contributed by atoms with van der Waals surface area (Å²) in [5.41, 5.74) is -17.9. The molecule has 34 heavy (non-hydrogen) atoms. The quantitative estimate of drug-likeness (QED) is 0.239. The summed E-state index contributed by atoms with van der Waals surface area (Å²) in [6.07, 6.45) is -41.3. The van der Waals surface area contributed by atoms with E-state index in [0.29, 0.717) is 0 Å². The van der Waals surface area contributed by atoms with E-state index in [1.165, 1.54) is 0 Å². The van der Waals surface area contributed by atoms with Crippen molar-refractivity contribution < 1.29 is 92.6 Å². The van der Waals surface area contributed by atoms with E-state index < -0.39 is 83.2 Å². The fourth-order valence-electron chi connectivity index (χ4n) is 1.30. The smallest absolute Gasteiger partial charge is 0.286 e. The molecular formula is C12H9F18O3P. The molecule has 0 atom stereocenters. The number of rotatable bonds is 6. The minimum absolute atomic E-state index is 1.15. The van der Waals surface area contributed by atoms with Crippen LogP contribution in [0.25, 0.3) is 0 Å². The first-order valence-electron chi connectivity index (χ1n) is 7.56. The Labute approximate surface area is 177 Å². The zero-order valence-electron chi connectivity index (χ0n) is 16.0. The molecule has 0 spiro atoms. The molecule has 0 aliphatic carbocycles. The molecule has 0 rings (SSSR count). The molecule has 0 saturated heterocycles. The minimum atomic E-state index is -6.88. The maximum atomic E-state index is 12.9. The van der Waals surface area contributed by atoms with E-state index in [0.717, 1.165) is 0 Å². The number of alkyl halides is 18. The van der Waals surface area contributed by atoms with Crippen molar-refractivity contribution in [2.75, 3.05) is 0 Å². The largest absolute Gasteiger partial charge is 0.426 e. The topological polar surface area (TPSA) is 27.7 Å². The molecule has 3 nitrogen and oxygen atoms in total. The van der Waals surface area contributed by atoms with Crippen LogP contribution in [0.15, 0.2) is 0 Å². The van der Waals surface area contributed by atoms with Crippen molar-refractivity contribution in [2.45, 2.75) is 74.6 Å². The molecule has 206 valence electrons. The summed E-state index contributed by atoms with van der Waals surface area (Å²) in [5.74, 6) is 0. The van der Waals surface area contributed by atoms with Gasteiger partial charge in [0.2, 0.25) is 0 Å². The van der Waals surface area contributed by atoms with Crippen molar-refractivity contribution in [2.24, 2.45) is 0 Å². The summed E-state index contributed by atoms with van der Waals surface area (Å²) in [7, 11) is -6.03. The van der Waals surface area contributed by atoms with Gasteiger partial charge < -0.3 is 0 Å². The van der Waals surface area contributed by atoms with Gasteiger partial charge in [-0.15, -0.1) is 0 Å². The Morgan fingerprint density at radius 1 is 0.324 bits per heavy atom. The van der Waals surface area contributed by atoms with Crippen LogP contribution in [0.1, 0.15) is 20.8 Å². The third kappa shape index (κ3) is 6.05. The van der Waals surface area contributed by atoms with Gasteiger partial charge >= 0.3 is 45.7 Å². The molecule has 0 aliphatic rings. The Kier molecular flexibility index (Phi) is 8.61. The van der Waals surface area contributed by atoms with E-state index in [-0.39, 0.29) is 0 Å². The van der Waals surface area contributed by atoms with E-state index in [1.807, 2.05) is 0 Å². The van der Waals surface area contributed by atoms with Gasteiger partial charge in [-0.05, 0) is 20.8 Å². The summed E-state index contributed by atoms with van der Waals surface area (Å²) in [4.78, 5) is 0. The second kappa shape index (κ2) is 8.86. The van der Waals surface area contributed by atoms with Gasteiger partial charge in [-0.3, -0.25) is 13.6 Å². The molecule has 0 unspecified atom stereocenters.